The van der Waals surface area contributed by atoms with E-state index in [-0.39, 0.29) is 5.91 Å². The number of hydrogen-bond donors (Lipinski definition) is 1. The molecule has 2 saturated heterocycles. The number of fused-ring (bicyclic) bond motifs is 1. The van der Waals surface area contributed by atoms with Crippen LogP contribution in [-0.4, -0.2) is 36.0 Å². The van der Waals surface area contributed by atoms with Crippen LogP contribution in [0.4, 0.5) is 0 Å². The topological polar surface area (TPSA) is 32.3 Å². The molecule has 0 saturated carbocycles. The zero-order valence-electron chi connectivity index (χ0n) is 11.2. The maximum Gasteiger partial charge on any atom is 0.252 e. The van der Waals surface area contributed by atoms with Crippen LogP contribution in [0.3, 0.4) is 0 Å². The zero-order valence-corrected chi connectivity index (χ0v) is 14.4. The highest BCUT2D eigenvalue weighted by Crippen LogP contribution is 2.27. The molecule has 20 heavy (non-hydrogen) atoms. The fourth-order valence-electron chi connectivity index (χ4n) is 3.29. The molecular formula is C15H18Br2N2O. The number of carbonyl (C=O) groups is 1. The van der Waals surface area contributed by atoms with E-state index in [1.165, 1.54) is 19.4 Å². The summed E-state index contributed by atoms with van der Waals surface area (Å²) in [7, 11) is 0. The predicted molar refractivity (Wildman–Crippen MR) is 86.9 cm³/mol. The fraction of sp³-hybridized carbons (Fsp3) is 0.533. The second-order valence-electron chi connectivity index (χ2n) is 5.65. The molecule has 2 fully saturated rings. The summed E-state index contributed by atoms with van der Waals surface area (Å²) in [4.78, 5) is 15.0. The molecule has 0 aromatic heterocycles. The molecule has 5 heteroatoms. The number of piperidine rings is 1. The monoisotopic (exact) mass is 400 g/mol. The molecule has 0 spiro atoms. The lowest BCUT2D eigenvalue weighted by atomic mass is 9.97. The number of amides is 1. The van der Waals surface area contributed by atoms with E-state index in [2.05, 4.69) is 42.1 Å². The van der Waals surface area contributed by atoms with Gasteiger partial charge < -0.3 is 10.2 Å². The Hall–Kier alpha value is -0.390. The Morgan fingerprint density at radius 1 is 1.25 bits per heavy atom. The lowest BCUT2D eigenvalue weighted by molar-refractivity contribution is 0.0895. The highest BCUT2D eigenvalue weighted by atomic mass is 79.9. The van der Waals surface area contributed by atoms with Gasteiger partial charge in [0.2, 0.25) is 0 Å². The SMILES string of the molecule is O=C(NC1CCN2CCCC2C1)c1cc(Br)ccc1Br. The van der Waals surface area contributed by atoms with Crippen molar-refractivity contribution in [2.75, 3.05) is 13.1 Å². The van der Waals surface area contributed by atoms with Crippen molar-refractivity contribution in [3.05, 3.63) is 32.7 Å². The Morgan fingerprint density at radius 3 is 2.95 bits per heavy atom. The van der Waals surface area contributed by atoms with Gasteiger partial charge in [-0.15, -0.1) is 0 Å². The van der Waals surface area contributed by atoms with E-state index in [0.717, 1.165) is 28.3 Å². The van der Waals surface area contributed by atoms with E-state index in [0.29, 0.717) is 17.6 Å². The number of nitrogens with one attached hydrogen (secondary N) is 1. The molecule has 1 amide bonds. The Kier molecular flexibility index (Phi) is 4.48. The molecule has 2 heterocycles. The van der Waals surface area contributed by atoms with Crippen LogP contribution in [-0.2, 0) is 0 Å². The molecule has 1 N–H and O–H groups in total. The standard InChI is InChI=1S/C15H18Br2N2O/c16-10-3-4-14(17)13(8-10)15(20)18-11-5-7-19-6-1-2-12(19)9-11/h3-4,8,11-12H,1-2,5-7,9H2,(H,18,20). The minimum absolute atomic E-state index is 0.0228. The van der Waals surface area contributed by atoms with Gasteiger partial charge in [-0.1, -0.05) is 15.9 Å². The lowest BCUT2D eigenvalue weighted by Crippen LogP contribution is -2.47. The zero-order chi connectivity index (χ0) is 14.1. The summed E-state index contributed by atoms with van der Waals surface area (Å²) in [5.41, 5.74) is 0.702. The maximum atomic E-state index is 12.4. The van der Waals surface area contributed by atoms with Gasteiger partial charge >= 0.3 is 0 Å². The summed E-state index contributed by atoms with van der Waals surface area (Å²) in [6, 6.07) is 6.69. The van der Waals surface area contributed by atoms with E-state index in [1.54, 1.807) is 0 Å². The summed E-state index contributed by atoms with van der Waals surface area (Å²) in [6.45, 7) is 2.36. The molecule has 1 aromatic rings. The number of halogens is 2. The highest BCUT2D eigenvalue weighted by molar-refractivity contribution is 9.11. The Balaban J connectivity index is 1.65. The average Bonchev–Trinajstić information content (AvgIpc) is 2.89. The average molecular weight is 402 g/mol. The number of benzene rings is 1. The molecule has 2 aliphatic rings. The highest BCUT2D eigenvalue weighted by Gasteiger charge is 2.32. The third-order valence-electron chi connectivity index (χ3n) is 4.33. The summed E-state index contributed by atoms with van der Waals surface area (Å²) < 4.78 is 1.77. The fourth-order valence-corrected chi connectivity index (χ4v) is 4.08. The number of carbonyl (C=O) groups excluding carboxylic acids is 1. The van der Waals surface area contributed by atoms with Crippen LogP contribution in [0.5, 0.6) is 0 Å². The van der Waals surface area contributed by atoms with E-state index >= 15 is 0 Å². The van der Waals surface area contributed by atoms with Crippen LogP contribution >= 0.6 is 31.9 Å². The van der Waals surface area contributed by atoms with Crippen molar-refractivity contribution in [3.8, 4) is 0 Å². The maximum absolute atomic E-state index is 12.4. The molecule has 108 valence electrons. The van der Waals surface area contributed by atoms with Crippen LogP contribution in [0.2, 0.25) is 0 Å². The summed E-state index contributed by atoms with van der Waals surface area (Å²) in [6.07, 6.45) is 4.75. The Morgan fingerprint density at radius 2 is 2.10 bits per heavy atom. The van der Waals surface area contributed by atoms with Crippen LogP contribution in [0.25, 0.3) is 0 Å². The van der Waals surface area contributed by atoms with Crippen LogP contribution in [0.1, 0.15) is 36.0 Å². The van der Waals surface area contributed by atoms with Gasteiger partial charge in [-0.2, -0.15) is 0 Å². The first-order valence-corrected chi connectivity index (χ1v) is 8.72. The van der Waals surface area contributed by atoms with Crippen molar-refractivity contribution in [1.29, 1.82) is 0 Å². The van der Waals surface area contributed by atoms with Gasteiger partial charge in [0.15, 0.2) is 0 Å². The van der Waals surface area contributed by atoms with Crippen molar-refractivity contribution in [3.63, 3.8) is 0 Å². The largest absolute Gasteiger partial charge is 0.349 e. The Bertz CT molecular complexity index is 521. The lowest BCUT2D eigenvalue weighted by Gasteiger charge is -2.35. The van der Waals surface area contributed by atoms with Crippen molar-refractivity contribution in [2.45, 2.75) is 37.8 Å². The molecule has 2 unspecified atom stereocenters. The van der Waals surface area contributed by atoms with Gasteiger partial charge in [-0.25, -0.2) is 0 Å². The van der Waals surface area contributed by atoms with Crippen LogP contribution in [0, 0.1) is 0 Å². The molecule has 3 nitrogen and oxygen atoms in total. The molecule has 2 aliphatic heterocycles. The Labute approximate surface area is 136 Å². The van der Waals surface area contributed by atoms with E-state index in [4.69, 9.17) is 0 Å². The summed E-state index contributed by atoms with van der Waals surface area (Å²) in [5.74, 6) is 0.0228. The van der Waals surface area contributed by atoms with E-state index in [1.807, 2.05) is 18.2 Å². The van der Waals surface area contributed by atoms with Gasteiger partial charge in [0.25, 0.3) is 5.91 Å². The van der Waals surface area contributed by atoms with Crippen molar-refractivity contribution >= 4 is 37.8 Å². The number of hydrogen-bond acceptors (Lipinski definition) is 2. The minimum atomic E-state index is 0.0228. The summed E-state index contributed by atoms with van der Waals surface area (Å²) >= 11 is 6.87. The van der Waals surface area contributed by atoms with Gasteiger partial charge in [-0.05, 0) is 66.4 Å². The first kappa shape index (κ1) is 14.5. The molecule has 0 radical (unpaired) electrons. The van der Waals surface area contributed by atoms with Crippen molar-refractivity contribution in [1.82, 2.24) is 10.2 Å². The normalized spacial score (nSPS) is 26.3. The van der Waals surface area contributed by atoms with Gasteiger partial charge in [-0.3, -0.25) is 4.79 Å². The molecule has 2 atom stereocenters. The number of rotatable bonds is 2. The molecule has 1 aromatic carbocycles. The number of nitrogens with zero attached hydrogens (tertiary/aromatic N) is 1. The van der Waals surface area contributed by atoms with Crippen molar-refractivity contribution in [2.24, 2.45) is 0 Å². The molecule has 0 aliphatic carbocycles. The minimum Gasteiger partial charge on any atom is -0.349 e. The second-order valence-corrected chi connectivity index (χ2v) is 7.42. The van der Waals surface area contributed by atoms with Crippen LogP contribution in [0.15, 0.2) is 27.1 Å². The van der Waals surface area contributed by atoms with E-state index < -0.39 is 0 Å². The quantitative estimate of drug-likeness (QED) is 0.821. The van der Waals surface area contributed by atoms with Crippen molar-refractivity contribution < 1.29 is 4.79 Å². The van der Waals surface area contributed by atoms with E-state index in [9.17, 15) is 4.79 Å². The third kappa shape index (κ3) is 3.10. The first-order chi connectivity index (χ1) is 9.63. The van der Waals surface area contributed by atoms with Gasteiger partial charge in [0.05, 0.1) is 5.56 Å². The smallest absolute Gasteiger partial charge is 0.252 e. The summed E-state index contributed by atoms with van der Waals surface area (Å²) in [5, 5.41) is 3.20. The second kappa shape index (κ2) is 6.16. The third-order valence-corrected chi connectivity index (χ3v) is 5.51. The van der Waals surface area contributed by atoms with Crippen LogP contribution < -0.4 is 5.32 Å². The molecule has 0 bridgehead atoms. The van der Waals surface area contributed by atoms with Gasteiger partial charge in [0.1, 0.15) is 0 Å². The first-order valence-electron chi connectivity index (χ1n) is 7.13. The van der Waals surface area contributed by atoms with Gasteiger partial charge in [0, 0.05) is 27.6 Å². The molecule has 3 rings (SSSR count). The predicted octanol–water partition coefficient (Wildman–Crippen LogP) is 3.57. The molecular weight excluding hydrogens is 384 g/mol.